The zero-order chi connectivity index (χ0) is 12.6. The molecule has 0 saturated carbocycles. The Hall–Kier alpha value is -0.470. The zero-order valence-corrected chi connectivity index (χ0v) is 11.9. The van der Waals surface area contributed by atoms with Crippen molar-refractivity contribution in [2.45, 2.75) is 33.1 Å². The molecule has 0 aromatic heterocycles. The summed E-state index contributed by atoms with van der Waals surface area (Å²) in [5.74, 6) is 0.603. The van der Waals surface area contributed by atoms with Gasteiger partial charge in [-0.1, -0.05) is 47.8 Å². The predicted molar refractivity (Wildman–Crippen MR) is 72.4 cm³/mol. The molecule has 2 rings (SSSR count). The third kappa shape index (κ3) is 2.13. The number of hydrogen-bond donors (Lipinski definition) is 0. The molecule has 0 bridgehead atoms. The second-order valence-corrected chi connectivity index (χ2v) is 5.62. The average Bonchev–Trinajstić information content (AvgIpc) is 2.53. The second-order valence-electron chi connectivity index (χ2n) is 4.67. The van der Waals surface area contributed by atoms with Gasteiger partial charge in [-0.2, -0.15) is 0 Å². The first-order valence-electron chi connectivity index (χ1n) is 5.96. The van der Waals surface area contributed by atoms with Crippen LogP contribution in [0.25, 0.3) is 0 Å². The van der Waals surface area contributed by atoms with Crippen LogP contribution in [0.3, 0.4) is 0 Å². The summed E-state index contributed by atoms with van der Waals surface area (Å²) in [4.78, 5) is 4.94. The maximum Gasteiger partial charge on any atom is 0.107 e. The van der Waals surface area contributed by atoms with Gasteiger partial charge in [0.1, 0.15) is 11.6 Å². The van der Waals surface area contributed by atoms with E-state index in [2.05, 4.69) is 19.0 Å². The van der Waals surface area contributed by atoms with Gasteiger partial charge in [-0.25, -0.2) is 0 Å². The monoisotopic (exact) mass is 273 g/mol. The molecular weight excluding hydrogens is 257 g/mol. The van der Waals surface area contributed by atoms with Gasteiger partial charge < -0.3 is 4.84 Å². The van der Waals surface area contributed by atoms with Crippen molar-refractivity contribution in [3.63, 3.8) is 0 Å². The van der Waals surface area contributed by atoms with Crippen molar-refractivity contribution >= 4 is 28.9 Å². The van der Waals surface area contributed by atoms with Crippen molar-refractivity contribution in [3.8, 4) is 0 Å². The Morgan fingerprint density at radius 3 is 2.53 bits per heavy atom. The normalized spacial score (nSPS) is 30.9. The summed E-state index contributed by atoms with van der Waals surface area (Å²) < 4.78 is 0.413. The van der Waals surface area contributed by atoms with Crippen LogP contribution in [0.5, 0.6) is 0 Å². The van der Waals surface area contributed by atoms with Gasteiger partial charge in [0.15, 0.2) is 0 Å². The van der Waals surface area contributed by atoms with Gasteiger partial charge in [-0.3, -0.25) is 0 Å². The number of nitrogens with zero attached hydrogens (tertiary/aromatic N) is 1. The van der Waals surface area contributed by atoms with E-state index in [-0.39, 0.29) is 5.92 Å². The maximum atomic E-state index is 6.01. The van der Waals surface area contributed by atoms with Crippen molar-refractivity contribution in [2.75, 3.05) is 7.11 Å². The highest BCUT2D eigenvalue weighted by Crippen LogP contribution is 2.48. The molecule has 4 heteroatoms. The van der Waals surface area contributed by atoms with Crippen molar-refractivity contribution in [1.82, 2.24) is 0 Å². The first-order chi connectivity index (χ1) is 8.07. The lowest BCUT2D eigenvalue weighted by Gasteiger charge is -2.19. The Morgan fingerprint density at radius 2 is 1.94 bits per heavy atom. The van der Waals surface area contributed by atoms with Crippen molar-refractivity contribution < 1.29 is 4.84 Å². The van der Waals surface area contributed by atoms with Gasteiger partial charge in [-0.05, 0) is 30.4 Å². The molecule has 0 spiro atoms. The van der Waals surface area contributed by atoms with Crippen LogP contribution in [-0.4, -0.2) is 12.8 Å². The minimum atomic E-state index is 0.263. The van der Waals surface area contributed by atoms with Crippen molar-refractivity contribution in [3.05, 3.63) is 21.2 Å². The van der Waals surface area contributed by atoms with Gasteiger partial charge in [0, 0.05) is 11.8 Å². The fourth-order valence-corrected chi connectivity index (χ4v) is 3.78. The molecule has 0 N–H and O–H groups in total. The molecule has 0 amide bonds. The van der Waals surface area contributed by atoms with Crippen LogP contribution in [0.2, 0.25) is 0 Å². The summed E-state index contributed by atoms with van der Waals surface area (Å²) in [5, 5.41) is 4.15. The van der Waals surface area contributed by atoms with E-state index < -0.39 is 0 Å². The standard InChI is InChI=1S/C13H17Cl2NO/c1-7-9-5-4-6-10(16-17-3)12(9)8(2)11(7)13(14)15/h7-8H,4-6H2,1-3H3/b16-10+/t7-,8-/m0/s1. The predicted octanol–water partition coefficient (Wildman–Crippen LogP) is 4.44. The number of rotatable bonds is 1. The lowest BCUT2D eigenvalue weighted by molar-refractivity contribution is 0.212. The quantitative estimate of drug-likeness (QED) is 0.647. The van der Waals surface area contributed by atoms with E-state index in [9.17, 15) is 0 Å². The van der Waals surface area contributed by atoms with Crippen LogP contribution in [0.4, 0.5) is 0 Å². The lowest BCUT2D eigenvalue weighted by Crippen LogP contribution is -2.14. The smallest absolute Gasteiger partial charge is 0.107 e. The molecule has 0 heterocycles. The SMILES string of the molecule is CO/N=C1\CCCC2=C1[C@@H](C)C(=C(Cl)Cl)[C@H]2C. The molecule has 2 aliphatic carbocycles. The van der Waals surface area contributed by atoms with E-state index in [1.54, 1.807) is 7.11 Å². The fourth-order valence-electron chi connectivity index (χ4n) is 3.13. The molecule has 0 fully saturated rings. The largest absolute Gasteiger partial charge is 0.399 e. The van der Waals surface area contributed by atoms with Crippen LogP contribution >= 0.6 is 23.2 Å². The summed E-state index contributed by atoms with van der Waals surface area (Å²) in [6, 6.07) is 0. The summed E-state index contributed by atoms with van der Waals surface area (Å²) in [5.41, 5.74) is 4.94. The third-order valence-electron chi connectivity index (χ3n) is 3.82. The highest BCUT2D eigenvalue weighted by Gasteiger charge is 2.38. The van der Waals surface area contributed by atoms with E-state index >= 15 is 0 Å². The molecule has 0 saturated heterocycles. The summed E-state index contributed by atoms with van der Waals surface area (Å²) in [6.45, 7) is 4.32. The van der Waals surface area contributed by atoms with Crippen molar-refractivity contribution in [2.24, 2.45) is 17.0 Å². The highest BCUT2D eigenvalue weighted by atomic mass is 35.5. The lowest BCUT2D eigenvalue weighted by atomic mass is 9.87. The molecule has 0 aliphatic heterocycles. The van der Waals surface area contributed by atoms with E-state index in [1.807, 2.05) is 0 Å². The van der Waals surface area contributed by atoms with Gasteiger partial charge in [-0.15, -0.1) is 0 Å². The Morgan fingerprint density at radius 1 is 1.24 bits per heavy atom. The number of hydrogen-bond acceptors (Lipinski definition) is 2. The summed E-state index contributed by atoms with van der Waals surface area (Å²) >= 11 is 12.0. The molecule has 0 radical (unpaired) electrons. The Bertz CT molecular complexity index is 419. The minimum absolute atomic E-state index is 0.263. The first-order valence-corrected chi connectivity index (χ1v) is 6.71. The van der Waals surface area contributed by atoms with Crippen LogP contribution in [0.1, 0.15) is 33.1 Å². The molecule has 94 valence electrons. The van der Waals surface area contributed by atoms with Crippen LogP contribution in [0.15, 0.2) is 26.4 Å². The molecular formula is C13H17Cl2NO. The fraction of sp³-hybridized carbons (Fsp3) is 0.615. The van der Waals surface area contributed by atoms with Gasteiger partial charge in [0.25, 0.3) is 0 Å². The molecule has 17 heavy (non-hydrogen) atoms. The third-order valence-corrected chi connectivity index (χ3v) is 4.26. The molecule has 0 aromatic carbocycles. The Balaban J connectivity index is 2.48. The maximum absolute atomic E-state index is 6.01. The van der Waals surface area contributed by atoms with E-state index in [1.165, 1.54) is 11.1 Å². The van der Waals surface area contributed by atoms with Crippen molar-refractivity contribution in [1.29, 1.82) is 0 Å². The van der Waals surface area contributed by atoms with Crippen LogP contribution < -0.4 is 0 Å². The average molecular weight is 274 g/mol. The molecule has 0 aromatic rings. The Labute approximate surface area is 112 Å². The van der Waals surface area contributed by atoms with E-state index in [0.717, 1.165) is 30.5 Å². The van der Waals surface area contributed by atoms with Gasteiger partial charge in [0.05, 0.1) is 5.71 Å². The highest BCUT2D eigenvalue weighted by molar-refractivity contribution is 6.56. The van der Waals surface area contributed by atoms with Gasteiger partial charge >= 0.3 is 0 Å². The number of oxime groups is 1. The Kier molecular flexibility index (Phi) is 3.84. The number of allylic oxidation sites excluding steroid dienone is 3. The molecule has 2 atom stereocenters. The topological polar surface area (TPSA) is 21.6 Å². The van der Waals surface area contributed by atoms with Crippen LogP contribution in [0, 0.1) is 11.8 Å². The molecule has 2 aliphatic rings. The molecule has 0 unspecified atom stereocenters. The van der Waals surface area contributed by atoms with E-state index in [4.69, 9.17) is 28.0 Å². The second kappa shape index (κ2) is 5.03. The summed E-state index contributed by atoms with van der Waals surface area (Å²) in [6.07, 6.45) is 3.23. The number of halogens is 2. The van der Waals surface area contributed by atoms with Gasteiger partial charge in [0.2, 0.25) is 0 Å². The van der Waals surface area contributed by atoms with E-state index in [0.29, 0.717) is 10.4 Å². The zero-order valence-electron chi connectivity index (χ0n) is 10.4. The molecule has 2 nitrogen and oxygen atoms in total. The van der Waals surface area contributed by atoms with Crippen LogP contribution in [-0.2, 0) is 4.84 Å². The first kappa shape index (κ1) is 13.0. The minimum Gasteiger partial charge on any atom is -0.399 e. The summed E-state index contributed by atoms with van der Waals surface area (Å²) in [7, 11) is 1.59.